The van der Waals surface area contributed by atoms with Crippen molar-refractivity contribution in [2.45, 2.75) is 45.8 Å². The Kier molecular flexibility index (Phi) is 9.28. The Morgan fingerprint density at radius 2 is 1.72 bits per heavy atom. The predicted octanol–water partition coefficient (Wildman–Crippen LogP) is 4.84. The molecule has 0 saturated carbocycles. The Balaban J connectivity index is 2.00. The van der Waals surface area contributed by atoms with Crippen LogP contribution in [0.25, 0.3) is 5.69 Å². The number of hydrogen-bond donors (Lipinski definition) is 1. The Hall–Kier alpha value is -2.67. The number of nitrogens with zero attached hydrogens (tertiary/aromatic N) is 3. The highest BCUT2D eigenvalue weighted by Crippen LogP contribution is 2.32. The second kappa shape index (κ2) is 12.4. The molecule has 1 atom stereocenters. The third-order valence-electron chi connectivity index (χ3n) is 5.40. The number of rotatable bonds is 13. The maximum Gasteiger partial charge on any atom is 0.227 e. The summed E-state index contributed by atoms with van der Waals surface area (Å²) in [6.07, 6.45) is 2.15. The predicted molar refractivity (Wildman–Crippen MR) is 128 cm³/mol. The van der Waals surface area contributed by atoms with E-state index >= 15 is 0 Å². The van der Waals surface area contributed by atoms with E-state index in [2.05, 4.69) is 18.7 Å². The van der Waals surface area contributed by atoms with Crippen molar-refractivity contribution in [3.8, 4) is 17.3 Å². The molecule has 1 aromatic heterocycles. The van der Waals surface area contributed by atoms with Gasteiger partial charge in [0.1, 0.15) is 5.75 Å². The van der Waals surface area contributed by atoms with Crippen LogP contribution >= 0.6 is 0 Å². The highest BCUT2D eigenvalue weighted by Gasteiger charge is 2.23. The molecule has 32 heavy (non-hydrogen) atoms. The van der Waals surface area contributed by atoms with Gasteiger partial charge in [-0.2, -0.15) is 5.10 Å². The number of para-hydroxylation sites is 2. The molecule has 1 N–H and O–H groups in total. The fraction of sp³-hybridized carbons (Fsp3) is 0.423. The Bertz CT molecular complexity index is 928. The van der Waals surface area contributed by atoms with Crippen LogP contribution in [0.1, 0.15) is 37.9 Å². The minimum atomic E-state index is -0.371. The van der Waals surface area contributed by atoms with Gasteiger partial charge in [0, 0.05) is 26.7 Å². The van der Waals surface area contributed by atoms with Crippen molar-refractivity contribution >= 4 is 0 Å². The molecule has 172 valence electrons. The van der Waals surface area contributed by atoms with Gasteiger partial charge in [0.2, 0.25) is 5.88 Å². The van der Waals surface area contributed by atoms with E-state index in [4.69, 9.17) is 14.6 Å². The van der Waals surface area contributed by atoms with Gasteiger partial charge < -0.3 is 14.6 Å². The van der Waals surface area contributed by atoms with Gasteiger partial charge in [-0.15, -0.1) is 0 Å². The maximum atomic E-state index is 10.5. The van der Waals surface area contributed by atoms with E-state index in [-0.39, 0.29) is 6.10 Å². The number of aliphatic hydroxyl groups excluding tert-OH is 1. The number of aryl methyl sites for hydroxylation is 1. The Morgan fingerprint density at radius 3 is 2.34 bits per heavy atom. The summed E-state index contributed by atoms with van der Waals surface area (Å²) in [5.41, 5.74) is 2.99. The van der Waals surface area contributed by atoms with Gasteiger partial charge in [-0.1, -0.05) is 56.7 Å². The molecule has 0 radical (unpaired) electrons. The average molecular weight is 438 g/mol. The lowest BCUT2D eigenvalue weighted by Crippen LogP contribution is -2.34. The Morgan fingerprint density at radius 1 is 1.03 bits per heavy atom. The van der Waals surface area contributed by atoms with E-state index in [1.165, 1.54) is 0 Å². The number of ether oxygens (including phenoxy) is 2. The van der Waals surface area contributed by atoms with E-state index in [9.17, 15) is 5.11 Å². The molecule has 0 bridgehead atoms. The van der Waals surface area contributed by atoms with Crippen LogP contribution in [-0.2, 0) is 17.7 Å². The van der Waals surface area contributed by atoms with Crippen LogP contribution < -0.4 is 4.74 Å². The molecule has 6 nitrogen and oxygen atoms in total. The number of aromatic nitrogens is 2. The average Bonchev–Trinajstić information content (AvgIpc) is 3.15. The van der Waals surface area contributed by atoms with Gasteiger partial charge in [0.25, 0.3) is 0 Å². The second-order valence-corrected chi connectivity index (χ2v) is 7.92. The monoisotopic (exact) mass is 437 g/mol. The maximum absolute atomic E-state index is 10.5. The molecule has 2 aromatic carbocycles. The van der Waals surface area contributed by atoms with Crippen LogP contribution in [0.2, 0.25) is 0 Å². The third-order valence-corrected chi connectivity index (χ3v) is 5.40. The van der Waals surface area contributed by atoms with Crippen molar-refractivity contribution in [3.05, 3.63) is 71.9 Å². The summed E-state index contributed by atoms with van der Waals surface area (Å²) in [5, 5.41) is 15.4. The van der Waals surface area contributed by atoms with Crippen molar-refractivity contribution in [2.24, 2.45) is 0 Å². The molecule has 0 amide bonds. The van der Waals surface area contributed by atoms with Gasteiger partial charge in [-0.3, -0.25) is 4.90 Å². The molecule has 0 aliphatic heterocycles. The molecule has 3 aromatic rings. The first-order chi connectivity index (χ1) is 15.7. The summed E-state index contributed by atoms with van der Waals surface area (Å²) >= 11 is 0. The zero-order valence-electron chi connectivity index (χ0n) is 19.4. The summed E-state index contributed by atoms with van der Waals surface area (Å²) in [4.78, 5) is 2.23. The molecule has 0 aliphatic carbocycles. The summed E-state index contributed by atoms with van der Waals surface area (Å²) in [6.45, 7) is 6.74. The molecule has 3 rings (SSSR count). The van der Waals surface area contributed by atoms with Crippen molar-refractivity contribution in [3.63, 3.8) is 0 Å². The topological polar surface area (TPSA) is 59.8 Å². The minimum absolute atomic E-state index is 0.371. The fourth-order valence-corrected chi connectivity index (χ4v) is 3.77. The van der Waals surface area contributed by atoms with Gasteiger partial charge in [-0.05, 0) is 37.1 Å². The van der Waals surface area contributed by atoms with Crippen LogP contribution in [-0.4, -0.2) is 52.7 Å². The zero-order valence-corrected chi connectivity index (χ0v) is 19.4. The van der Waals surface area contributed by atoms with Gasteiger partial charge >= 0.3 is 0 Å². The zero-order chi connectivity index (χ0) is 22.8. The molecule has 6 heteroatoms. The van der Waals surface area contributed by atoms with Crippen LogP contribution in [0.3, 0.4) is 0 Å². The third kappa shape index (κ3) is 6.42. The van der Waals surface area contributed by atoms with Crippen molar-refractivity contribution in [1.82, 2.24) is 14.7 Å². The quantitative estimate of drug-likeness (QED) is 0.415. The smallest absolute Gasteiger partial charge is 0.227 e. The summed E-state index contributed by atoms with van der Waals surface area (Å²) in [7, 11) is 1.70. The summed E-state index contributed by atoms with van der Waals surface area (Å²) in [5.74, 6) is 1.48. The van der Waals surface area contributed by atoms with E-state index in [0.717, 1.165) is 48.5 Å². The summed E-state index contributed by atoms with van der Waals surface area (Å²) in [6, 6.07) is 19.9. The van der Waals surface area contributed by atoms with Crippen LogP contribution in [0.15, 0.2) is 60.7 Å². The lowest BCUT2D eigenvalue weighted by molar-refractivity contribution is 0.0795. The number of methoxy groups -OCH3 is 1. The minimum Gasteiger partial charge on any atom is -0.439 e. The van der Waals surface area contributed by atoms with E-state index in [0.29, 0.717) is 25.6 Å². The molecule has 0 fully saturated rings. The molecule has 0 spiro atoms. The highest BCUT2D eigenvalue weighted by atomic mass is 16.5. The Labute approximate surface area is 191 Å². The molecular weight excluding hydrogens is 402 g/mol. The van der Waals surface area contributed by atoms with Gasteiger partial charge in [0.15, 0.2) is 0 Å². The standard InChI is InChI=1S/C26H35N3O3/c1-4-12-22(30)19-28(17-18-31-3)20-24-25(5-2)27-29(21-13-8-6-9-14-21)26(24)32-23-15-10-7-11-16-23/h6-11,13-16,22,30H,4-5,12,17-20H2,1-3H3/t22-/m1/s1. The first kappa shape index (κ1) is 24.0. The number of hydrogen-bond acceptors (Lipinski definition) is 5. The molecule has 0 aliphatic rings. The SMILES string of the molecule is CCC[C@@H](O)CN(CCOC)Cc1c(CC)nn(-c2ccccc2)c1Oc1ccccc1. The summed E-state index contributed by atoms with van der Waals surface area (Å²) < 4.78 is 13.6. The lowest BCUT2D eigenvalue weighted by Gasteiger charge is -2.25. The van der Waals surface area contributed by atoms with Crippen LogP contribution in [0.4, 0.5) is 0 Å². The first-order valence-corrected chi connectivity index (χ1v) is 11.4. The molecular formula is C26H35N3O3. The van der Waals surface area contributed by atoms with Crippen LogP contribution in [0.5, 0.6) is 11.6 Å². The van der Waals surface area contributed by atoms with Gasteiger partial charge in [0.05, 0.1) is 29.7 Å². The van der Waals surface area contributed by atoms with E-state index < -0.39 is 0 Å². The number of aliphatic hydroxyl groups is 1. The van der Waals surface area contributed by atoms with E-state index in [1.807, 2.05) is 65.3 Å². The van der Waals surface area contributed by atoms with Crippen molar-refractivity contribution in [2.75, 3.05) is 26.8 Å². The highest BCUT2D eigenvalue weighted by molar-refractivity contribution is 5.43. The van der Waals surface area contributed by atoms with Crippen molar-refractivity contribution in [1.29, 1.82) is 0 Å². The number of benzene rings is 2. The van der Waals surface area contributed by atoms with Gasteiger partial charge in [-0.25, -0.2) is 4.68 Å². The van der Waals surface area contributed by atoms with Crippen molar-refractivity contribution < 1.29 is 14.6 Å². The second-order valence-electron chi connectivity index (χ2n) is 7.92. The van der Waals surface area contributed by atoms with Crippen LogP contribution in [0, 0.1) is 0 Å². The fourth-order valence-electron chi connectivity index (χ4n) is 3.77. The largest absolute Gasteiger partial charge is 0.439 e. The normalized spacial score (nSPS) is 12.3. The van der Waals surface area contributed by atoms with E-state index in [1.54, 1.807) is 7.11 Å². The lowest BCUT2D eigenvalue weighted by atomic mass is 10.1. The molecule has 1 heterocycles. The molecule has 0 unspecified atom stereocenters. The first-order valence-electron chi connectivity index (χ1n) is 11.4. The molecule has 0 saturated heterocycles.